The molecule has 4 aromatic rings. The minimum atomic E-state index is -0.632. The molecule has 0 saturated carbocycles. The molecule has 0 amide bonds. The molecule has 0 radical (unpaired) electrons. The molecule has 1 saturated heterocycles. The van der Waals surface area contributed by atoms with Crippen LogP contribution in [0.25, 0.3) is 0 Å². The van der Waals surface area contributed by atoms with Crippen LogP contribution in [0.3, 0.4) is 0 Å². The summed E-state index contributed by atoms with van der Waals surface area (Å²) < 4.78 is 12.4. The molecule has 4 heteroatoms. The van der Waals surface area contributed by atoms with Gasteiger partial charge in [-0.3, -0.25) is 4.79 Å². The Hall–Kier alpha value is -3.73. The fourth-order valence-corrected chi connectivity index (χ4v) is 4.93. The number of benzene rings is 4. The van der Waals surface area contributed by atoms with E-state index < -0.39 is 18.4 Å². The van der Waals surface area contributed by atoms with Crippen molar-refractivity contribution in [3.63, 3.8) is 0 Å². The van der Waals surface area contributed by atoms with Crippen molar-refractivity contribution in [1.29, 1.82) is 0 Å². The van der Waals surface area contributed by atoms with Crippen LogP contribution in [0.2, 0.25) is 0 Å². The maximum absolute atomic E-state index is 13.6. The summed E-state index contributed by atoms with van der Waals surface area (Å²) in [5, 5.41) is 0. The number of ether oxygens (including phenoxy) is 2. The minimum Gasteiger partial charge on any atom is -0.465 e. The van der Waals surface area contributed by atoms with Gasteiger partial charge in [0.1, 0.15) is 18.4 Å². The van der Waals surface area contributed by atoms with Crippen LogP contribution in [0.5, 0.6) is 0 Å². The summed E-state index contributed by atoms with van der Waals surface area (Å²) in [7, 11) is 0. The highest BCUT2D eigenvalue weighted by molar-refractivity contribution is 5.77. The zero-order chi connectivity index (χ0) is 24.0. The Balaban J connectivity index is 1.72. The minimum absolute atomic E-state index is 0.217. The van der Waals surface area contributed by atoms with E-state index in [1.54, 1.807) is 0 Å². The van der Waals surface area contributed by atoms with Crippen LogP contribution in [0.1, 0.15) is 47.6 Å². The molecule has 1 aliphatic rings. The molecule has 1 aliphatic heterocycles. The van der Waals surface area contributed by atoms with Gasteiger partial charge in [0.05, 0.1) is 12.6 Å². The molecule has 0 bridgehead atoms. The molecule has 0 spiro atoms. The van der Waals surface area contributed by atoms with Crippen molar-refractivity contribution in [3.05, 3.63) is 144 Å². The van der Waals surface area contributed by atoms with E-state index in [9.17, 15) is 4.79 Å². The summed E-state index contributed by atoms with van der Waals surface area (Å²) in [6.45, 7) is 2.15. The Morgan fingerprint density at radius 2 is 1.20 bits per heavy atom. The molecule has 3 atom stereocenters. The van der Waals surface area contributed by atoms with Crippen molar-refractivity contribution in [2.75, 3.05) is 6.61 Å². The molecule has 1 heterocycles. The first-order valence-electron chi connectivity index (χ1n) is 12.1. The first-order chi connectivity index (χ1) is 17.3. The van der Waals surface area contributed by atoms with E-state index in [2.05, 4.69) is 41.3 Å². The Bertz CT molecular complexity index is 1180. The predicted molar refractivity (Wildman–Crippen MR) is 136 cm³/mol. The molecule has 0 unspecified atom stereocenters. The van der Waals surface area contributed by atoms with Crippen molar-refractivity contribution in [1.82, 2.24) is 4.90 Å². The predicted octanol–water partition coefficient (Wildman–Crippen LogP) is 6.48. The first kappa shape index (κ1) is 23.0. The van der Waals surface area contributed by atoms with Gasteiger partial charge in [-0.25, -0.2) is 4.90 Å². The highest BCUT2D eigenvalue weighted by atomic mass is 16.6. The fourth-order valence-electron chi connectivity index (χ4n) is 4.93. The van der Waals surface area contributed by atoms with Gasteiger partial charge in [0.25, 0.3) is 0 Å². The van der Waals surface area contributed by atoms with Crippen molar-refractivity contribution in [2.45, 2.75) is 31.3 Å². The molecule has 0 aliphatic carbocycles. The van der Waals surface area contributed by atoms with Gasteiger partial charge < -0.3 is 9.47 Å². The molecule has 0 N–H and O–H groups in total. The Morgan fingerprint density at radius 3 is 1.69 bits per heavy atom. The number of rotatable bonds is 7. The van der Waals surface area contributed by atoms with E-state index in [0.29, 0.717) is 6.61 Å². The number of nitrogens with zero attached hydrogens (tertiary/aromatic N) is 1. The molecule has 4 nitrogen and oxygen atoms in total. The third kappa shape index (κ3) is 4.76. The van der Waals surface area contributed by atoms with E-state index in [1.807, 2.05) is 91.9 Å². The van der Waals surface area contributed by atoms with Crippen molar-refractivity contribution < 1.29 is 14.3 Å². The van der Waals surface area contributed by atoms with Gasteiger partial charge in [0.2, 0.25) is 0 Å². The highest BCUT2D eigenvalue weighted by Crippen LogP contribution is 2.49. The van der Waals surface area contributed by atoms with Gasteiger partial charge in [-0.15, -0.1) is 0 Å². The lowest BCUT2D eigenvalue weighted by atomic mass is 9.93. The van der Waals surface area contributed by atoms with Crippen LogP contribution in [0.15, 0.2) is 121 Å². The van der Waals surface area contributed by atoms with E-state index in [0.717, 1.165) is 22.3 Å². The van der Waals surface area contributed by atoms with Gasteiger partial charge in [-0.1, -0.05) is 121 Å². The number of esters is 1. The summed E-state index contributed by atoms with van der Waals surface area (Å²) in [6, 6.07) is 39.8. The summed E-state index contributed by atoms with van der Waals surface area (Å²) >= 11 is 0. The van der Waals surface area contributed by atoms with Crippen LogP contribution in [-0.4, -0.2) is 23.5 Å². The van der Waals surface area contributed by atoms with Crippen molar-refractivity contribution in [2.24, 2.45) is 0 Å². The van der Waals surface area contributed by atoms with Crippen LogP contribution >= 0.6 is 0 Å². The normalized spacial score (nSPS) is 20.1. The molecule has 1 fully saturated rings. The SMILES string of the molecule is CCOC(=O)[C@H]1[C@H](c2ccccc2)O[C@@H](c2ccccc2)N1C(c1ccccc1)c1ccccc1. The standard InChI is InChI=1S/C31H29NO3/c1-2-34-31(33)28-29(25-19-11-5-12-20-25)35-30(26-21-13-6-14-22-26)32(28)27(23-15-7-3-8-16-23)24-17-9-4-10-18-24/h3-22,27-30H,2H2,1H3/t28-,29+,30+/m1/s1. The van der Waals surface area contributed by atoms with Gasteiger partial charge >= 0.3 is 5.97 Å². The Kier molecular flexibility index (Phi) is 7.03. The Labute approximate surface area is 206 Å². The number of carbonyl (C=O) groups excluding carboxylic acids is 1. The maximum atomic E-state index is 13.6. The molecule has 176 valence electrons. The summed E-state index contributed by atoms with van der Waals surface area (Å²) in [5.41, 5.74) is 4.13. The lowest BCUT2D eigenvalue weighted by molar-refractivity contribution is -0.150. The lowest BCUT2D eigenvalue weighted by Crippen LogP contribution is -2.43. The second kappa shape index (κ2) is 10.7. The summed E-state index contributed by atoms with van der Waals surface area (Å²) in [4.78, 5) is 15.8. The van der Waals surface area contributed by atoms with Gasteiger partial charge in [0, 0.05) is 0 Å². The van der Waals surface area contributed by atoms with Crippen LogP contribution < -0.4 is 0 Å². The van der Waals surface area contributed by atoms with Crippen LogP contribution in [0.4, 0.5) is 0 Å². The second-order valence-corrected chi connectivity index (χ2v) is 8.60. The van der Waals surface area contributed by atoms with Crippen LogP contribution in [-0.2, 0) is 14.3 Å². The highest BCUT2D eigenvalue weighted by Gasteiger charge is 2.51. The Morgan fingerprint density at radius 1 is 0.743 bits per heavy atom. The van der Waals surface area contributed by atoms with Crippen LogP contribution in [0, 0.1) is 0 Å². The molecule has 4 aromatic carbocycles. The smallest absolute Gasteiger partial charge is 0.326 e. The summed E-state index contributed by atoms with van der Waals surface area (Å²) in [5.74, 6) is -0.281. The first-order valence-corrected chi connectivity index (χ1v) is 12.1. The average molecular weight is 464 g/mol. The van der Waals surface area contributed by atoms with Gasteiger partial charge in [0.15, 0.2) is 0 Å². The number of hydrogen-bond acceptors (Lipinski definition) is 4. The van der Waals surface area contributed by atoms with E-state index >= 15 is 0 Å². The zero-order valence-electron chi connectivity index (χ0n) is 19.7. The molecule has 5 rings (SSSR count). The average Bonchev–Trinajstić information content (AvgIpc) is 3.31. The van der Waals surface area contributed by atoms with Crippen molar-refractivity contribution >= 4 is 5.97 Å². The second-order valence-electron chi connectivity index (χ2n) is 8.60. The number of hydrogen-bond donors (Lipinski definition) is 0. The molecule has 35 heavy (non-hydrogen) atoms. The van der Waals surface area contributed by atoms with Gasteiger partial charge in [-0.05, 0) is 29.2 Å². The van der Waals surface area contributed by atoms with E-state index in [-0.39, 0.29) is 12.0 Å². The monoisotopic (exact) mass is 463 g/mol. The third-order valence-corrected chi connectivity index (χ3v) is 6.42. The quantitative estimate of drug-likeness (QED) is 0.294. The molecule has 0 aromatic heterocycles. The van der Waals surface area contributed by atoms with Crippen molar-refractivity contribution in [3.8, 4) is 0 Å². The largest absolute Gasteiger partial charge is 0.465 e. The fraction of sp³-hybridized carbons (Fsp3) is 0.194. The maximum Gasteiger partial charge on any atom is 0.326 e. The van der Waals surface area contributed by atoms with E-state index in [4.69, 9.17) is 9.47 Å². The third-order valence-electron chi connectivity index (χ3n) is 6.42. The topological polar surface area (TPSA) is 38.8 Å². The molecular weight excluding hydrogens is 434 g/mol. The number of carbonyl (C=O) groups is 1. The molecular formula is C31H29NO3. The van der Waals surface area contributed by atoms with Gasteiger partial charge in [-0.2, -0.15) is 0 Å². The zero-order valence-corrected chi connectivity index (χ0v) is 19.7. The van der Waals surface area contributed by atoms with E-state index in [1.165, 1.54) is 0 Å². The summed E-state index contributed by atoms with van der Waals surface area (Å²) in [6.07, 6.45) is -0.920. The lowest BCUT2D eigenvalue weighted by Gasteiger charge is -2.36.